The number of rotatable bonds is 4. The van der Waals surface area contributed by atoms with Crippen molar-refractivity contribution >= 4 is 5.69 Å². The molecule has 0 spiro atoms. The third-order valence-electron chi connectivity index (χ3n) is 3.43. The molecule has 0 saturated carbocycles. The van der Waals surface area contributed by atoms with Gasteiger partial charge in [0, 0.05) is 5.69 Å². The lowest BCUT2D eigenvalue weighted by Gasteiger charge is -2.10. The Morgan fingerprint density at radius 1 is 1.00 bits per heavy atom. The number of hydrogen-bond donors (Lipinski definition) is 1. The van der Waals surface area contributed by atoms with Crippen LogP contribution in [0.15, 0.2) is 42.5 Å². The molecule has 0 fully saturated rings. The van der Waals surface area contributed by atoms with Crippen molar-refractivity contribution in [1.29, 1.82) is 0 Å². The predicted octanol–water partition coefficient (Wildman–Crippen LogP) is 4.70. The molecule has 0 radical (unpaired) electrons. The van der Waals surface area contributed by atoms with Crippen molar-refractivity contribution in [3.05, 3.63) is 53.6 Å². The molecular formula is C18H23N. The van der Waals surface area contributed by atoms with Gasteiger partial charge >= 0.3 is 0 Å². The average molecular weight is 253 g/mol. The summed E-state index contributed by atoms with van der Waals surface area (Å²) in [6.45, 7) is 6.65. The van der Waals surface area contributed by atoms with Gasteiger partial charge < -0.3 is 5.73 Å². The van der Waals surface area contributed by atoms with E-state index in [-0.39, 0.29) is 0 Å². The zero-order valence-electron chi connectivity index (χ0n) is 12.1. The van der Waals surface area contributed by atoms with Gasteiger partial charge in [-0.15, -0.1) is 0 Å². The minimum absolute atomic E-state index is 0.688. The molecule has 0 bridgehead atoms. The summed E-state index contributed by atoms with van der Waals surface area (Å²) in [7, 11) is 0. The third-order valence-corrected chi connectivity index (χ3v) is 3.43. The fraction of sp³-hybridized carbons (Fsp3) is 0.333. The van der Waals surface area contributed by atoms with Gasteiger partial charge in [-0.2, -0.15) is 0 Å². The Morgan fingerprint density at radius 2 is 1.74 bits per heavy atom. The molecule has 0 amide bonds. The normalized spacial score (nSPS) is 10.9. The van der Waals surface area contributed by atoms with E-state index in [9.17, 15) is 0 Å². The Labute approximate surface area is 116 Å². The van der Waals surface area contributed by atoms with Crippen LogP contribution in [0.4, 0.5) is 5.69 Å². The third kappa shape index (κ3) is 3.37. The van der Waals surface area contributed by atoms with Crippen LogP contribution in [0.3, 0.4) is 0 Å². The second-order valence-corrected chi connectivity index (χ2v) is 5.57. The number of nitrogen functional groups attached to an aromatic ring is 1. The van der Waals surface area contributed by atoms with Gasteiger partial charge in [0.2, 0.25) is 0 Å². The molecule has 0 heterocycles. The molecule has 2 N–H and O–H groups in total. The summed E-state index contributed by atoms with van der Waals surface area (Å²) in [5.74, 6) is 0.688. The Balaban J connectivity index is 2.36. The molecule has 0 aromatic heterocycles. The summed E-state index contributed by atoms with van der Waals surface area (Å²) < 4.78 is 0. The first-order valence-electron chi connectivity index (χ1n) is 7.08. The molecule has 0 atom stereocenters. The first-order valence-corrected chi connectivity index (χ1v) is 7.08. The molecule has 0 aliphatic heterocycles. The fourth-order valence-electron chi connectivity index (χ4n) is 2.44. The van der Waals surface area contributed by atoms with Crippen LogP contribution in [0.25, 0.3) is 11.1 Å². The number of aryl methyl sites for hydroxylation is 1. The van der Waals surface area contributed by atoms with E-state index in [1.165, 1.54) is 22.3 Å². The number of benzene rings is 2. The zero-order valence-corrected chi connectivity index (χ0v) is 12.1. The van der Waals surface area contributed by atoms with E-state index in [1.54, 1.807) is 0 Å². The molecule has 2 rings (SSSR count). The Morgan fingerprint density at radius 3 is 2.42 bits per heavy atom. The van der Waals surface area contributed by atoms with E-state index in [0.29, 0.717) is 5.92 Å². The van der Waals surface area contributed by atoms with Crippen molar-refractivity contribution in [3.8, 4) is 11.1 Å². The van der Waals surface area contributed by atoms with Crippen molar-refractivity contribution in [2.45, 2.75) is 33.6 Å². The van der Waals surface area contributed by atoms with Crippen LogP contribution in [0, 0.1) is 5.92 Å². The first-order chi connectivity index (χ1) is 9.10. The molecule has 1 heteroatoms. The van der Waals surface area contributed by atoms with Crippen LogP contribution in [-0.2, 0) is 12.8 Å². The Bertz CT molecular complexity index is 555. The fourth-order valence-corrected chi connectivity index (χ4v) is 2.44. The van der Waals surface area contributed by atoms with Gasteiger partial charge in [-0.05, 0) is 53.1 Å². The minimum Gasteiger partial charge on any atom is -0.399 e. The minimum atomic E-state index is 0.688. The van der Waals surface area contributed by atoms with E-state index in [1.807, 2.05) is 6.07 Å². The quantitative estimate of drug-likeness (QED) is 0.785. The topological polar surface area (TPSA) is 26.0 Å². The summed E-state index contributed by atoms with van der Waals surface area (Å²) in [4.78, 5) is 0. The lowest BCUT2D eigenvalue weighted by Crippen LogP contribution is -1.95. The summed E-state index contributed by atoms with van der Waals surface area (Å²) in [6, 6.07) is 15.2. The van der Waals surface area contributed by atoms with Crippen molar-refractivity contribution in [3.63, 3.8) is 0 Å². The molecule has 2 aromatic carbocycles. The Kier molecular flexibility index (Phi) is 4.26. The lowest BCUT2D eigenvalue weighted by atomic mass is 9.96. The van der Waals surface area contributed by atoms with Crippen molar-refractivity contribution in [1.82, 2.24) is 0 Å². The summed E-state index contributed by atoms with van der Waals surface area (Å²) in [6.07, 6.45) is 2.11. The molecule has 0 unspecified atom stereocenters. The molecule has 0 saturated heterocycles. The second kappa shape index (κ2) is 5.92. The number of nitrogens with two attached hydrogens (primary N) is 1. The number of anilines is 1. The second-order valence-electron chi connectivity index (χ2n) is 5.57. The number of hydrogen-bond acceptors (Lipinski definition) is 1. The van der Waals surface area contributed by atoms with Crippen molar-refractivity contribution < 1.29 is 0 Å². The van der Waals surface area contributed by atoms with E-state index >= 15 is 0 Å². The SMILES string of the molecule is CCc1cc(-c2cccc(CC(C)C)c2)ccc1N. The smallest absolute Gasteiger partial charge is 0.0346 e. The molecule has 0 aliphatic carbocycles. The maximum atomic E-state index is 5.97. The van der Waals surface area contributed by atoms with Crippen LogP contribution in [0.2, 0.25) is 0 Å². The van der Waals surface area contributed by atoms with Crippen LogP contribution < -0.4 is 5.73 Å². The van der Waals surface area contributed by atoms with E-state index < -0.39 is 0 Å². The van der Waals surface area contributed by atoms with Crippen molar-refractivity contribution in [2.75, 3.05) is 5.73 Å². The predicted molar refractivity (Wildman–Crippen MR) is 84.2 cm³/mol. The van der Waals surface area contributed by atoms with E-state index in [0.717, 1.165) is 18.5 Å². The maximum Gasteiger partial charge on any atom is 0.0346 e. The first kappa shape index (κ1) is 13.7. The molecular weight excluding hydrogens is 230 g/mol. The molecule has 100 valence electrons. The van der Waals surface area contributed by atoms with Gasteiger partial charge in [0.25, 0.3) is 0 Å². The van der Waals surface area contributed by atoms with Gasteiger partial charge in [0.05, 0.1) is 0 Å². The van der Waals surface area contributed by atoms with Gasteiger partial charge in [-0.3, -0.25) is 0 Å². The van der Waals surface area contributed by atoms with Crippen LogP contribution >= 0.6 is 0 Å². The average Bonchev–Trinajstić information content (AvgIpc) is 2.39. The standard InChI is InChI=1S/C18H23N/c1-4-15-12-17(8-9-18(15)19)16-7-5-6-14(11-16)10-13(2)3/h5-9,11-13H,4,10,19H2,1-3H3. The Hall–Kier alpha value is -1.76. The highest BCUT2D eigenvalue weighted by Gasteiger charge is 2.04. The summed E-state index contributed by atoms with van der Waals surface area (Å²) in [5, 5.41) is 0. The molecule has 1 nitrogen and oxygen atoms in total. The van der Waals surface area contributed by atoms with Crippen LogP contribution in [0.1, 0.15) is 31.9 Å². The van der Waals surface area contributed by atoms with Gasteiger partial charge in [-0.1, -0.05) is 51.1 Å². The molecule has 0 aliphatic rings. The zero-order chi connectivity index (χ0) is 13.8. The molecule has 19 heavy (non-hydrogen) atoms. The molecule has 2 aromatic rings. The van der Waals surface area contributed by atoms with Crippen LogP contribution in [-0.4, -0.2) is 0 Å². The van der Waals surface area contributed by atoms with Crippen molar-refractivity contribution in [2.24, 2.45) is 5.92 Å². The van der Waals surface area contributed by atoms with Gasteiger partial charge in [-0.25, -0.2) is 0 Å². The van der Waals surface area contributed by atoms with E-state index in [2.05, 4.69) is 57.2 Å². The lowest BCUT2D eigenvalue weighted by molar-refractivity contribution is 0.647. The van der Waals surface area contributed by atoms with Gasteiger partial charge in [0.15, 0.2) is 0 Å². The summed E-state index contributed by atoms with van der Waals surface area (Å²) >= 11 is 0. The highest BCUT2D eigenvalue weighted by Crippen LogP contribution is 2.25. The summed E-state index contributed by atoms with van der Waals surface area (Å²) in [5.41, 5.74) is 12.0. The largest absolute Gasteiger partial charge is 0.399 e. The maximum absolute atomic E-state index is 5.97. The van der Waals surface area contributed by atoms with E-state index in [4.69, 9.17) is 5.73 Å². The van der Waals surface area contributed by atoms with Gasteiger partial charge in [0.1, 0.15) is 0 Å². The van der Waals surface area contributed by atoms with Crippen LogP contribution in [0.5, 0.6) is 0 Å². The monoisotopic (exact) mass is 253 g/mol. The highest BCUT2D eigenvalue weighted by molar-refractivity contribution is 5.68. The highest BCUT2D eigenvalue weighted by atomic mass is 14.6.